The number of likely N-dealkylation sites (tertiary alicyclic amines) is 1. The van der Waals surface area contributed by atoms with Gasteiger partial charge in [0.15, 0.2) is 0 Å². The average Bonchev–Trinajstić information content (AvgIpc) is 2.94. The molecular weight excluding hydrogens is 334 g/mol. The first-order valence-corrected chi connectivity index (χ1v) is 9.86. The summed E-state index contributed by atoms with van der Waals surface area (Å²) in [5.74, 6) is 0.205. The molecule has 0 unspecified atom stereocenters. The van der Waals surface area contributed by atoms with E-state index < -0.39 is 0 Å². The molecule has 2 aromatic rings. The second kappa shape index (κ2) is 6.53. The number of carbonyl (C=O) groups excluding carboxylic acids is 1. The van der Waals surface area contributed by atoms with Crippen molar-refractivity contribution >= 4 is 17.2 Å². The summed E-state index contributed by atoms with van der Waals surface area (Å²) in [6, 6.07) is 2.55. The van der Waals surface area contributed by atoms with Crippen LogP contribution < -0.4 is 0 Å². The lowest BCUT2D eigenvalue weighted by atomic mass is 9.92. The van der Waals surface area contributed by atoms with E-state index in [9.17, 15) is 4.79 Å². The summed E-state index contributed by atoms with van der Waals surface area (Å²) in [6.07, 6.45) is 5.37. The third kappa shape index (κ3) is 3.35. The highest BCUT2D eigenvalue weighted by Crippen LogP contribution is 2.57. The van der Waals surface area contributed by atoms with Crippen molar-refractivity contribution in [2.75, 3.05) is 13.1 Å². The molecule has 1 amide bonds. The van der Waals surface area contributed by atoms with E-state index >= 15 is 0 Å². The minimum atomic E-state index is 0.205. The number of rotatable bonds is 5. The van der Waals surface area contributed by atoms with Crippen LogP contribution in [0, 0.1) is 5.41 Å². The monoisotopic (exact) mass is 359 g/mol. The highest BCUT2D eigenvalue weighted by atomic mass is 32.1. The fraction of sp³-hybridized carbons (Fsp3) is 0.611. The van der Waals surface area contributed by atoms with Crippen molar-refractivity contribution in [2.24, 2.45) is 12.5 Å². The summed E-state index contributed by atoms with van der Waals surface area (Å²) < 4.78 is 1.85. The number of aromatic nitrogens is 3. The van der Waals surface area contributed by atoms with Crippen LogP contribution in [0.5, 0.6) is 0 Å². The van der Waals surface area contributed by atoms with Gasteiger partial charge in [-0.1, -0.05) is 5.21 Å². The maximum absolute atomic E-state index is 12.2. The lowest BCUT2D eigenvalue weighted by molar-refractivity contribution is -0.130. The van der Waals surface area contributed by atoms with Gasteiger partial charge in [0.2, 0.25) is 5.91 Å². The first-order chi connectivity index (χ1) is 12.1. The Balaban J connectivity index is 1.35. The summed E-state index contributed by atoms with van der Waals surface area (Å²) >= 11 is 1.70. The van der Waals surface area contributed by atoms with Gasteiger partial charge in [-0.2, -0.15) is 11.3 Å². The van der Waals surface area contributed by atoms with Gasteiger partial charge in [0.05, 0.1) is 11.9 Å². The molecule has 134 valence electrons. The number of carbonyl (C=O) groups is 1. The third-order valence-electron chi connectivity index (χ3n) is 5.91. The van der Waals surface area contributed by atoms with E-state index in [2.05, 4.69) is 36.9 Å². The van der Waals surface area contributed by atoms with E-state index in [-0.39, 0.29) is 5.91 Å². The second-order valence-corrected chi connectivity index (χ2v) is 8.27. The van der Waals surface area contributed by atoms with Gasteiger partial charge < -0.3 is 4.90 Å². The summed E-state index contributed by atoms with van der Waals surface area (Å²) in [7, 11) is 1.94. The fourth-order valence-corrected chi connectivity index (χ4v) is 4.82. The minimum Gasteiger partial charge on any atom is -0.335 e. The van der Waals surface area contributed by atoms with Gasteiger partial charge in [-0.15, -0.1) is 5.10 Å². The van der Waals surface area contributed by atoms with Crippen LogP contribution in [0.4, 0.5) is 0 Å². The molecule has 1 saturated carbocycles. The molecule has 4 rings (SSSR count). The van der Waals surface area contributed by atoms with Crippen molar-refractivity contribution in [1.29, 1.82) is 0 Å². The van der Waals surface area contributed by atoms with E-state index in [1.807, 2.05) is 17.9 Å². The largest absolute Gasteiger partial charge is 0.335 e. The molecule has 0 N–H and O–H groups in total. The Morgan fingerprint density at radius 3 is 2.84 bits per heavy atom. The van der Waals surface area contributed by atoms with Crippen molar-refractivity contribution in [2.45, 2.75) is 45.3 Å². The highest BCUT2D eigenvalue weighted by molar-refractivity contribution is 7.07. The highest BCUT2D eigenvalue weighted by Gasteiger charge is 2.58. The summed E-state index contributed by atoms with van der Waals surface area (Å²) in [5, 5.41) is 12.2. The molecule has 25 heavy (non-hydrogen) atoms. The van der Waals surface area contributed by atoms with E-state index in [0.29, 0.717) is 11.5 Å². The molecule has 3 heterocycles. The van der Waals surface area contributed by atoms with Gasteiger partial charge in [0.1, 0.15) is 0 Å². The Morgan fingerprint density at radius 1 is 1.44 bits per heavy atom. The topological polar surface area (TPSA) is 54.3 Å². The number of aryl methyl sites for hydroxylation is 1. The molecular formula is C18H25N5OS. The molecule has 2 aliphatic rings. The van der Waals surface area contributed by atoms with Crippen LogP contribution in [-0.4, -0.2) is 49.8 Å². The van der Waals surface area contributed by atoms with Crippen LogP contribution >= 0.6 is 11.3 Å². The van der Waals surface area contributed by atoms with Crippen molar-refractivity contribution in [3.63, 3.8) is 0 Å². The number of thiophene rings is 1. The van der Waals surface area contributed by atoms with Gasteiger partial charge >= 0.3 is 0 Å². The van der Waals surface area contributed by atoms with Gasteiger partial charge in [0, 0.05) is 33.1 Å². The Hall–Kier alpha value is -1.73. The molecule has 0 aromatic carbocycles. The standard InChI is InChI=1S/C18H25N5OS/c1-14(24)23(11-15-3-8-25-13-15)17-9-18(17)4-6-22(7-5-18)12-16-10-19-20-21(16)2/h3,8,10,13,17H,4-7,9,11-12H2,1-2H3/t17-/m0/s1. The zero-order chi connectivity index (χ0) is 17.4. The number of nitrogens with zero attached hydrogens (tertiary/aromatic N) is 5. The lowest BCUT2D eigenvalue weighted by Crippen LogP contribution is -2.40. The maximum Gasteiger partial charge on any atom is 0.220 e. The first kappa shape index (κ1) is 16.7. The summed E-state index contributed by atoms with van der Waals surface area (Å²) in [6.45, 7) is 5.56. The Bertz CT molecular complexity index is 732. The molecule has 0 radical (unpaired) electrons. The van der Waals surface area contributed by atoms with Gasteiger partial charge in [-0.05, 0) is 60.2 Å². The quantitative estimate of drug-likeness (QED) is 0.822. The van der Waals surface area contributed by atoms with E-state index in [1.54, 1.807) is 18.3 Å². The van der Waals surface area contributed by atoms with Crippen molar-refractivity contribution < 1.29 is 4.79 Å². The summed E-state index contributed by atoms with van der Waals surface area (Å²) in [4.78, 5) is 16.8. The number of hydrogen-bond acceptors (Lipinski definition) is 5. The number of amides is 1. The Labute approximate surface area is 152 Å². The molecule has 6 nitrogen and oxygen atoms in total. The molecule has 1 spiro atoms. The van der Waals surface area contributed by atoms with Crippen LogP contribution in [0.2, 0.25) is 0 Å². The third-order valence-corrected chi connectivity index (χ3v) is 6.64. The molecule has 7 heteroatoms. The molecule has 1 atom stereocenters. The number of hydrogen-bond donors (Lipinski definition) is 0. The fourth-order valence-electron chi connectivity index (χ4n) is 4.16. The lowest BCUT2D eigenvalue weighted by Gasteiger charge is -2.34. The van der Waals surface area contributed by atoms with Crippen molar-refractivity contribution in [3.05, 3.63) is 34.3 Å². The Kier molecular flexibility index (Phi) is 4.37. The van der Waals surface area contributed by atoms with Crippen molar-refractivity contribution in [3.8, 4) is 0 Å². The van der Waals surface area contributed by atoms with Gasteiger partial charge in [0.25, 0.3) is 0 Å². The maximum atomic E-state index is 12.2. The molecule has 1 aliphatic carbocycles. The average molecular weight is 359 g/mol. The predicted octanol–water partition coefficient (Wildman–Crippen LogP) is 2.28. The van der Waals surface area contributed by atoms with E-state index in [0.717, 1.165) is 38.3 Å². The molecule has 2 fully saturated rings. The summed E-state index contributed by atoms with van der Waals surface area (Å²) in [5.41, 5.74) is 2.76. The first-order valence-electron chi connectivity index (χ1n) is 8.92. The van der Waals surface area contributed by atoms with Crippen LogP contribution in [0.25, 0.3) is 0 Å². The molecule has 1 saturated heterocycles. The second-order valence-electron chi connectivity index (χ2n) is 7.49. The molecule has 2 aromatic heterocycles. The van der Waals surface area contributed by atoms with Crippen LogP contribution in [-0.2, 0) is 24.9 Å². The van der Waals surface area contributed by atoms with Gasteiger partial charge in [-0.25, -0.2) is 0 Å². The van der Waals surface area contributed by atoms with E-state index in [1.165, 1.54) is 18.4 Å². The minimum absolute atomic E-state index is 0.205. The SMILES string of the molecule is CC(=O)N(Cc1ccsc1)[C@H]1CC12CCN(Cc1cnnn1C)CC2. The molecule has 1 aliphatic heterocycles. The van der Waals surface area contributed by atoms with Crippen LogP contribution in [0.3, 0.4) is 0 Å². The molecule has 0 bridgehead atoms. The van der Waals surface area contributed by atoms with Crippen molar-refractivity contribution in [1.82, 2.24) is 24.8 Å². The number of piperidine rings is 1. The smallest absolute Gasteiger partial charge is 0.220 e. The van der Waals surface area contributed by atoms with Crippen LogP contribution in [0.1, 0.15) is 37.4 Å². The van der Waals surface area contributed by atoms with Crippen LogP contribution in [0.15, 0.2) is 23.0 Å². The van der Waals surface area contributed by atoms with E-state index in [4.69, 9.17) is 0 Å². The predicted molar refractivity (Wildman–Crippen MR) is 96.9 cm³/mol. The zero-order valence-corrected chi connectivity index (χ0v) is 15.7. The van der Waals surface area contributed by atoms with Gasteiger partial charge in [-0.3, -0.25) is 14.4 Å². The normalized spacial score (nSPS) is 22.2. The zero-order valence-electron chi connectivity index (χ0n) is 14.9. The Morgan fingerprint density at radius 2 is 2.24 bits per heavy atom.